The third-order valence-electron chi connectivity index (χ3n) is 3.87. The molecule has 0 aliphatic carbocycles. The molecule has 0 atom stereocenters. The zero-order valence-corrected chi connectivity index (χ0v) is 12.2. The lowest BCUT2D eigenvalue weighted by molar-refractivity contribution is -0.384. The molecule has 0 amide bonds. The number of para-hydroxylation sites is 1. The van der Waals surface area contributed by atoms with Crippen LogP contribution in [0.3, 0.4) is 0 Å². The monoisotopic (exact) mass is 321 g/mol. The van der Waals surface area contributed by atoms with E-state index in [0.717, 1.165) is 0 Å². The number of benzene rings is 2. The van der Waals surface area contributed by atoms with Crippen molar-refractivity contribution in [3.05, 3.63) is 62.9 Å². The van der Waals surface area contributed by atoms with E-state index in [-0.39, 0.29) is 22.6 Å². The number of H-pyrrole nitrogens is 2. The summed E-state index contributed by atoms with van der Waals surface area (Å²) >= 11 is 0. The number of nitro groups is 1. The van der Waals surface area contributed by atoms with E-state index >= 15 is 0 Å². The van der Waals surface area contributed by atoms with E-state index in [0.29, 0.717) is 27.6 Å². The number of nitrogens with zero attached hydrogens (tertiary/aromatic N) is 2. The standard InChI is InChI=1S/C16H11N5O3/c17-14-9-3-1-2-4-10(9)20-16(22)13(14)15-18-11-6-5-8(21(23)24)7-12(11)19-15/h1-7H,(H,18,19)(H3,17,20,22). The summed E-state index contributed by atoms with van der Waals surface area (Å²) in [5.74, 6) is 0.273. The molecule has 8 heteroatoms. The zero-order valence-electron chi connectivity index (χ0n) is 12.2. The van der Waals surface area contributed by atoms with Crippen molar-refractivity contribution in [2.75, 3.05) is 5.73 Å². The number of rotatable bonds is 2. The molecule has 0 aliphatic rings. The van der Waals surface area contributed by atoms with E-state index in [2.05, 4.69) is 15.0 Å². The second kappa shape index (κ2) is 4.92. The Morgan fingerprint density at radius 3 is 2.67 bits per heavy atom. The summed E-state index contributed by atoms with van der Waals surface area (Å²) in [7, 11) is 0. The molecule has 0 fully saturated rings. The molecule has 0 radical (unpaired) electrons. The minimum absolute atomic E-state index is 0.0573. The van der Waals surface area contributed by atoms with Crippen molar-refractivity contribution in [3.8, 4) is 11.4 Å². The first-order chi connectivity index (χ1) is 11.5. The molecule has 118 valence electrons. The van der Waals surface area contributed by atoms with Crippen molar-refractivity contribution < 1.29 is 4.92 Å². The number of hydrogen-bond donors (Lipinski definition) is 3. The summed E-state index contributed by atoms with van der Waals surface area (Å²) in [6.45, 7) is 0. The number of nitrogen functional groups attached to an aromatic ring is 1. The van der Waals surface area contributed by atoms with E-state index in [1.807, 2.05) is 6.07 Å². The molecule has 0 aliphatic heterocycles. The number of hydrogen-bond acceptors (Lipinski definition) is 5. The molecule has 4 N–H and O–H groups in total. The highest BCUT2D eigenvalue weighted by molar-refractivity contribution is 5.97. The van der Waals surface area contributed by atoms with Gasteiger partial charge in [0.05, 0.1) is 27.2 Å². The number of fused-ring (bicyclic) bond motifs is 2. The van der Waals surface area contributed by atoms with Gasteiger partial charge in [-0.15, -0.1) is 0 Å². The summed E-state index contributed by atoms with van der Waals surface area (Å²) in [6.07, 6.45) is 0. The van der Waals surface area contributed by atoms with Crippen molar-refractivity contribution in [2.45, 2.75) is 0 Å². The average Bonchev–Trinajstić information content (AvgIpc) is 2.97. The van der Waals surface area contributed by atoms with Gasteiger partial charge in [0.25, 0.3) is 11.2 Å². The van der Waals surface area contributed by atoms with Gasteiger partial charge in [-0.2, -0.15) is 0 Å². The molecule has 0 bridgehead atoms. The molecule has 2 aromatic heterocycles. The number of imidazole rings is 1. The molecule has 2 heterocycles. The van der Waals surface area contributed by atoms with Crippen molar-refractivity contribution >= 4 is 33.3 Å². The number of non-ortho nitro benzene ring substituents is 1. The fraction of sp³-hybridized carbons (Fsp3) is 0. The third-order valence-corrected chi connectivity index (χ3v) is 3.87. The predicted octanol–water partition coefficient (Wildman–Crippen LogP) is 2.56. The Kier molecular flexibility index (Phi) is 2.86. The Morgan fingerprint density at radius 1 is 1.08 bits per heavy atom. The smallest absolute Gasteiger partial charge is 0.271 e. The predicted molar refractivity (Wildman–Crippen MR) is 90.7 cm³/mol. The van der Waals surface area contributed by atoms with E-state index in [9.17, 15) is 14.9 Å². The van der Waals surface area contributed by atoms with Crippen LogP contribution in [0.2, 0.25) is 0 Å². The number of pyridine rings is 1. The van der Waals surface area contributed by atoms with Crippen LogP contribution in [0.5, 0.6) is 0 Å². The van der Waals surface area contributed by atoms with Crippen molar-refractivity contribution in [3.63, 3.8) is 0 Å². The highest BCUT2D eigenvalue weighted by Gasteiger charge is 2.17. The number of nitrogens with two attached hydrogens (primary N) is 1. The van der Waals surface area contributed by atoms with Gasteiger partial charge in [-0.1, -0.05) is 18.2 Å². The van der Waals surface area contributed by atoms with Crippen molar-refractivity contribution in [1.82, 2.24) is 15.0 Å². The molecule has 0 unspecified atom stereocenters. The van der Waals surface area contributed by atoms with Crippen LogP contribution >= 0.6 is 0 Å². The first-order valence-corrected chi connectivity index (χ1v) is 7.09. The lowest BCUT2D eigenvalue weighted by Gasteiger charge is -2.06. The zero-order chi connectivity index (χ0) is 16.8. The highest BCUT2D eigenvalue weighted by atomic mass is 16.6. The Morgan fingerprint density at radius 2 is 1.88 bits per heavy atom. The highest BCUT2D eigenvalue weighted by Crippen LogP contribution is 2.28. The van der Waals surface area contributed by atoms with Crippen LogP contribution in [0.25, 0.3) is 33.3 Å². The molecule has 0 saturated heterocycles. The maximum atomic E-state index is 12.4. The number of nitro benzene ring substituents is 1. The molecule has 4 rings (SSSR count). The number of aromatic nitrogens is 3. The van der Waals surface area contributed by atoms with E-state index in [1.165, 1.54) is 18.2 Å². The van der Waals surface area contributed by atoms with E-state index in [1.54, 1.807) is 18.2 Å². The largest absolute Gasteiger partial charge is 0.397 e. The quantitative estimate of drug-likeness (QED) is 0.386. The lowest BCUT2D eigenvalue weighted by Crippen LogP contribution is -2.13. The van der Waals surface area contributed by atoms with Gasteiger partial charge < -0.3 is 15.7 Å². The number of aromatic amines is 2. The van der Waals surface area contributed by atoms with Crippen LogP contribution in [0.1, 0.15) is 0 Å². The van der Waals surface area contributed by atoms with Crippen LogP contribution in [-0.4, -0.2) is 19.9 Å². The fourth-order valence-electron chi connectivity index (χ4n) is 2.73. The lowest BCUT2D eigenvalue weighted by atomic mass is 10.1. The Bertz CT molecular complexity index is 1180. The van der Waals surface area contributed by atoms with Gasteiger partial charge >= 0.3 is 0 Å². The molecule has 0 saturated carbocycles. The van der Waals surface area contributed by atoms with Gasteiger partial charge in [0.2, 0.25) is 0 Å². The van der Waals surface area contributed by atoms with Gasteiger partial charge in [-0.3, -0.25) is 14.9 Å². The van der Waals surface area contributed by atoms with Crippen LogP contribution in [0.15, 0.2) is 47.3 Å². The first-order valence-electron chi connectivity index (χ1n) is 7.09. The minimum atomic E-state index is -0.489. The van der Waals surface area contributed by atoms with Gasteiger partial charge in [-0.25, -0.2) is 4.98 Å². The third kappa shape index (κ3) is 2.01. The number of anilines is 1. The molecular weight excluding hydrogens is 310 g/mol. The second-order valence-corrected chi connectivity index (χ2v) is 5.33. The Labute approximate surface area is 134 Å². The van der Waals surface area contributed by atoms with E-state index < -0.39 is 4.92 Å². The van der Waals surface area contributed by atoms with Crippen LogP contribution in [0, 0.1) is 10.1 Å². The molecule has 24 heavy (non-hydrogen) atoms. The van der Waals surface area contributed by atoms with Crippen LogP contribution in [0.4, 0.5) is 11.4 Å². The summed E-state index contributed by atoms with van der Waals surface area (Å²) in [5.41, 5.74) is 7.87. The molecule has 0 spiro atoms. The summed E-state index contributed by atoms with van der Waals surface area (Å²) in [5, 5.41) is 11.6. The van der Waals surface area contributed by atoms with Crippen LogP contribution < -0.4 is 11.3 Å². The van der Waals surface area contributed by atoms with Crippen molar-refractivity contribution in [2.24, 2.45) is 0 Å². The normalized spacial score (nSPS) is 11.2. The first kappa shape index (κ1) is 13.9. The molecule has 2 aromatic carbocycles. The summed E-state index contributed by atoms with van der Waals surface area (Å²) in [4.78, 5) is 32.8. The minimum Gasteiger partial charge on any atom is -0.397 e. The topological polar surface area (TPSA) is 131 Å². The number of nitrogens with one attached hydrogen (secondary N) is 2. The SMILES string of the molecule is Nc1c(-c2nc3ccc([N+](=O)[O-])cc3[nH]2)c(=O)[nH]c2ccccc12. The summed E-state index contributed by atoms with van der Waals surface area (Å²) in [6, 6.07) is 11.5. The average molecular weight is 321 g/mol. The molecule has 8 nitrogen and oxygen atoms in total. The van der Waals surface area contributed by atoms with Gasteiger partial charge in [0.1, 0.15) is 11.4 Å². The van der Waals surface area contributed by atoms with Gasteiger partial charge in [-0.05, 0) is 12.1 Å². The second-order valence-electron chi connectivity index (χ2n) is 5.33. The maximum Gasteiger partial charge on any atom is 0.271 e. The summed E-state index contributed by atoms with van der Waals surface area (Å²) < 4.78 is 0. The van der Waals surface area contributed by atoms with Gasteiger partial charge in [0.15, 0.2) is 0 Å². The van der Waals surface area contributed by atoms with Crippen LogP contribution in [-0.2, 0) is 0 Å². The molecular formula is C16H11N5O3. The molecule has 4 aromatic rings. The van der Waals surface area contributed by atoms with E-state index in [4.69, 9.17) is 5.73 Å². The Balaban J connectivity index is 1.99. The Hall–Kier alpha value is -3.68. The maximum absolute atomic E-state index is 12.4. The van der Waals surface area contributed by atoms with Gasteiger partial charge in [0, 0.05) is 17.5 Å². The fourth-order valence-corrected chi connectivity index (χ4v) is 2.73. The van der Waals surface area contributed by atoms with Crippen molar-refractivity contribution in [1.29, 1.82) is 0 Å².